The predicted molar refractivity (Wildman–Crippen MR) is 76.3 cm³/mol. The van der Waals surface area contributed by atoms with E-state index in [1.54, 1.807) is 13.4 Å². The molecule has 102 valence electrons. The maximum absolute atomic E-state index is 5.33. The smallest absolute Gasteiger partial charge is 0.119 e. The fourth-order valence-electron chi connectivity index (χ4n) is 1.99. The van der Waals surface area contributed by atoms with Gasteiger partial charge < -0.3 is 14.5 Å². The van der Waals surface area contributed by atoms with Gasteiger partial charge in [-0.15, -0.1) is 0 Å². The van der Waals surface area contributed by atoms with Crippen molar-refractivity contribution >= 4 is 0 Å². The molecule has 0 aliphatic rings. The Kier molecular flexibility index (Phi) is 5.04. The van der Waals surface area contributed by atoms with E-state index in [2.05, 4.69) is 24.4 Å². The molecule has 0 amide bonds. The Morgan fingerprint density at radius 2 is 2.16 bits per heavy atom. The van der Waals surface area contributed by atoms with Gasteiger partial charge in [-0.05, 0) is 43.2 Å². The molecule has 0 saturated carbocycles. The molecule has 1 unspecified atom stereocenters. The molecule has 0 fully saturated rings. The first kappa shape index (κ1) is 13.7. The van der Waals surface area contributed by atoms with Crippen LogP contribution in [-0.4, -0.2) is 13.2 Å². The Morgan fingerprint density at radius 1 is 1.26 bits per heavy atom. The third kappa shape index (κ3) is 4.45. The maximum Gasteiger partial charge on any atom is 0.119 e. The summed E-state index contributed by atoms with van der Waals surface area (Å²) in [4.78, 5) is 0. The van der Waals surface area contributed by atoms with Crippen LogP contribution in [0, 0.1) is 0 Å². The molecule has 1 N–H and O–H groups in total. The van der Waals surface area contributed by atoms with Gasteiger partial charge in [-0.25, -0.2) is 0 Å². The van der Waals surface area contributed by atoms with Gasteiger partial charge in [0.2, 0.25) is 0 Å². The molecule has 19 heavy (non-hydrogen) atoms. The lowest BCUT2D eigenvalue weighted by Crippen LogP contribution is -2.25. The molecule has 0 aliphatic carbocycles. The number of nitrogens with one attached hydrogen (secondary N) is 1. The molecular weight excluding hydrogens is 238 g/mol. The summed E-state index contributed by atoms with van der Waals surface area (Å²) in [6.07, 6.45) is 3.76. The number of furan rings is 1. The first-order chi connectivity index (χ1) is 9.28. The minimum atomic E-state index is 0.455. The van der Waals surface area contributed by atoms with Gasteiger partial charge in [0.25, 0.3) is 0 Å². The van der Waals surface area contributed by atoms with E-state index >= 15 is 0 Å². The lowest BCUT2D eigenvalue weighted by Gasteiger charge is -2.13. The van der Waals surface area contributed by atoms with Gasteiger partial charge in [-0.3, -0.25) is 0 Å². The van der Waals surface area contributed by atoms with E-state index < -0.39 is 0 Å². The van der Waals surface area contributed by atoms with Gasteiger partial charge in [-0.2, -0.15) is 0 Å². The van der Waals surface area contributed by atoms with Gasteiger partial charge in [0.05, 0.1) is 13.4 Å². The monoisotopic (exact) mass is 259 g/mol. The number of aryl methyl sites for hydroxylation is 1. The van der Waals surface area contributed by atoms with Crippen LogP contribution in [-0.2, 0) is 13.0 Å². The highest BCUT2D eigenvalue weighted by atomic mass is 16.5. The van der Waals surface area contributed by atoms with E-state index in [1.807, 2.05) is 24.3 Å². The molecule has 2 aromatic rings. The Hall–Kier alpha value is -1.74. The summed E-state index contributed by atoms with van der Waals surface area (Å²) >= 11 is 0. The number of hydrogen-bond acceptors (Lipinski definition) is 3. The molecule has 0 aliphatic heterocycles. The van der Waals surface area contributed by atoms with Crippen LogP contribution in [0.4, 0.5) is 0 Å². The molecule has 1 atom stereocenters. The third-order valence-electron chi connectivity index (χ3n) is 3.19. The summed E-state index contributed by atoms with van der Waals surface area (Å²) in [5.74, 6) is 1.96. The van der Waals surface area contributed by atoms with Crippen molar-refractivity contribution < 1.29 is 9.15 Å². The third-order valence-corrected chi connectivity index (χ3v) is 3.19. The van der Waals surface area contributed by atoms with Crippen molar-refractivity contribution in [2.75, 3.05) is 7.11 Å². The maximum atomic E-state index is 5.33. The van der Waals surface area contributed by atoms with Crippen molar-refractivity contribution in [3.63, 3.8) is 0 Å². The standard InChI is InChI=1S/C16H21NO2/c1-13(8-9-15-7-4-10-19-15)17-12-14-5-3-6-16(11-14)18-2/h3-7,10-11,13,17H,8-9,12H2,1-2H3. The van der Waals surface area contributed by atoms with Crippen molar-refractivity contribution in [1.29, 1.82) is 0 Å². The van der Waals surface area contributed by atoms with Crippen LogP contribution in [0.15, 0.2) is 47.1 Å². The van der Waals surface area contributed by atoms with Gasteiger partial charge >= 0.3 is 0 Å². The summed E-state index contributed by atoms with van der Waals surface area (Å²) in [6.45, 7) is 3.06. The van der Waals surface area contributed by atoms with E-state index in [0.29, 0.717) is 6.04 Å². The zero-order chi connectivity index (χ0) is 13.5. The zero-order valence-electron chi connectivity index (χ0n) is 11.6. The van der Waals surface area contributed by atoms with Crippen LogP contribution in [0.1, 0.15) is 24.7 Å². The SMILES string of the molecule is COc1cccc(CNC(C)CCc2ccco2)c1. The summed E-state index contributed by atoms with van der Waals surface area (Å²) in [5, 5.41) is 3.52. The highest BCUT2D eigenvalue weighted by Crippen LogP contribution is 2.13. The average molecular weight is 259 g/mol. The van der Waals surface area contributed by atoms with Crippen LogP contribution in [0.2, 0.25) is 0 Å². The Bertz CT molecular complexity index is 479. The zero-order valence-corrected chi connectivity index (χ0v) is 11.6. The van der Waals surface area contributed by atoms with Crippen molar-refractivity contribution in [3.05, 3.63) is 54.0 Å². The molecular formula is C16H21NO2. The Labute approximate surface area is 114 Å². The van der Waals surface area contributed by atoms with Gasteiger partial charge in [0.1, 0.15) is 11.5 Å². The van der Waals surface area contributed by atoms with Crippen LogP contribution in [0.3, 0.4) is 0 Å². The largest absolute Gasteiger partial charge is 0.497 e. The highest BCUT2D eigenvalue weighted by molar-refractivity contribution is 5.28. The topological polar surface area (TPSA) is 34.4 Å². The fourth-order valence-corrected chi connectivity index (χ4v) is 1.99. The van der Waals surface area contributed by atoms with Crippen molar-refractivity contribution in [1.82, 2.24) is 5.32 Å². The molecule has 1 aromatic carbocycles. The first-order valence-corrected chi connectivity index (χ1v) is 6.66. The molecule has 2 rings (SSSR count). The quantitative estimate of drug-likeness (QED) is 0.827. The Morgan fingerprint density at radius 3 is 2.89 bits per heavy atom. The molecule has 0 radical (unpaired) electrons. The molecule has 1 heterocycles. The minimum Gasteiger partial charge on any atom is -0.497 e. The second kappa shape index (κ2) is 7.00. The lowest BCUT2D eigenvalue weighted by atomic mass is 10.1. The highest BCUT2D eigenvalue weighted by Gasteiger charge is 2.04. The average Bonchev–Trinajstić information content (AvgIpc) is 2.96. The molecule has 3 nitrogen and oxygen atoms in total. The van der Waals surface area contributed by atoms with Crippen LogP contribution in [0.5, 0.6) is 5.75 Å². The van der Waals surface area contributed by atoms with Crippen molar-refractivity contribution in [2.45, 2.75) is 32.4 Å². The molecule has 3 heteroatoms. The van der Waals surface area contributed by atoms with Crippen molar-refractivity contribution in [3.8, 4) is 5.75 Å². The Balaban J connectivity index is 1.74. The summed E-state index contributed by atoms with van der Waals surface area (Å²) < 4.78 is 10.6. The summed E-state index contributed by atoms with van der Waals surface area (Å²) in [7, 11) is 1.69. The minimum absolute atomic E-state index is 0.455. The second-order valence-corrected chi connectivity index (χ2v) is 4.75. The number of benzene rings is 1. The molecule has 0 saturated heterocycles. The fraction of sp³-hybridized carbons (Fsp3) is 0.375. The van der Waals surface area contributed by atoms with E-state index in [0.717, 1.165) is 30.9 Å². The van der Waals surface area contributed by atoms with Crippen LogP contribution < -0.4 is 10.1 Å². The number of hydrogen-bond donors (Lipinski definition) is 1. The van der Waals surface area contributed by atoms with Gasteiger partial charge in [0, 0.05) is 19.0 Å². The van der Waals surface area contributed by atoms with Crippen molar-refractivity contribution in [2.24, 2.45) is 0 Å². The second-order valence-electron chi connectivity index (χ2n) is 4.75. The molecule has 0 spiro atoms. The lowest BCUT2D eigenvalue weighted by molar-refractivity contribution is 0.413. The van der Waals surface area contributed by atoms with Crippen LogP contribution in [0.25, 0.3) is 0 Å². The van der Waals surface area contributed by atoms with Crippen LogP contribution >= 0.6 is 0 Å². The van der Waals surface area contributed by atoms with Gasteiger partial charge in [-0.1, -0.05) is 12.1 Å². The normalized spacial score (nSPS) is 12.3. The number of ether oxygens (including phenoxy) is 1. The predicted octanol–water partition coefficient (Wildman–Crippen LogP) is 3.40. The number of rotatable bonds is 7. The molecule has 1 aromatic heterocycles. The first-order valence-electron chi connectivity index (χ1n) is 6.66. The molecule has 0 bridgehead atoms. The van der Waals surface area contributed by atoms with E-state index in [9.17, 15) is 0 Å². The van der Waals surface area contributed by atoms with Gasteiger partial charge in [0.15, 0.2) is 0 Å². The number of methoxy groups -OCH3 is 1. The summed E-state index contributed by atoms with van der Waals surface area (Å²) in [6, 6.07) is 12.6. The summed E-state index contributed by atoms with van der Waals surface area (Å²) in [5.41, 5.74) is 1.24. The van der Waals surface area contributed by atoms with E-state index in [1.165, 1.54) is 5.56 Å². The van der Waals surface area contributed by atoms with E-state index in [4.69, 9.17) is 9.15 Å². The van der Waals surface area contributed by atoms with E-state index in [-0.39, 0.29) is 0 Å².